The maximum absolute atomic E-state index is 5.29. The number of rotatable bonds is 6. The van der Waals surface area contributed by atoms with Crippen molar-refractivity contribution in [3.8, 4) is 74.0 Å². The van der Waals surface area contributed by atoms with E-state index in [-0.39, 0.29) is 5.41 Å². The van der Waals surface area contributed by atoms with Crippen molar-refractivity contribution in [2.24, 2.45) is 0 Å². The van der Waals surface area contributed by atoms with E-state index in [4.69, 9.17) is 29.9 Å². The van der Waals surface area contributed by atoms with Crippen molar-refractivity contribution in [2.45, 2.75) is 19.3 Å². The van der Waals surface area contributed by atoms with E-state index in [1.165, 1.54) is 27.6 Å². The minimum Gasteiger partial charge on any atom is -0.277 e. The molecular formula is C55H37N7. The number of nitrogens with zero attached hydrogens (tertiary/aromatic N) is 7. The Hall–Kier alpha value is -8.16. The smallest absolute Gasteiger partial charge is 0.238 e. The zero-order valence-electron chi connectivity index (χ0n) is 34.0. The van der Waals surface area contributed by atoms with Crippen LogP contribution in [0.2, 0.25) is 0 Å². The predicted octanol–water partition coefficient (Wildman–Crippen LogP) is 12.9. The summed E-state index contributed by atoms with van der Waals surface area (Å²) in [6, 6.07) is 64.9. The highest BCUT2D eigenvalue weighted by Crippen LogP contribution is 2.52. The van der Waals surface area contributed by atoms with Gasteiger partial charge < -0.3 is 0 Å². The molecule has 0 saturated carbocycles. The largest absolute Gasteiger partial charge is 0.277 e. The van der Waals surface area contributed by atoms with E-state index >= 15 is 0 Å². The summed E-state index contributed by atoms with van der Waals surface area (Å²) >= 11 is 0. The highest BCUT2D eigenvalue weighted by Gasteiger charge is 2.37. The zero-order valence-corrected chi connectivity index (χ0v) is 34.0. The fourth-order valence-electron chi connectivity index (χ4n) is 9.39. The molecule has 0 unspecified atom stereocenters. The summed E-state index contributed by atoms with van der Waals surface area (Å²) in [7, 11) is 0. The molecule has 3 aromatic heterocycles. The average Bonchev–Trinajstić information content (AvgIpc) is 3.80. The SMILES string of the molecule is CC1(C)c2ccccc2-c2ccc3c(ccc4c5cc(-c6nc(-c7ccccc7)nc(-c7ccccc7)n6)ccc5n(-c5nc(-c6ccccc6)nc(-c6ccccc6)n5)c34)c21. The lowest BCUT2D eigenvalue weighted by atomic mass is 9.80. The first-order chi connectivity index (χ1) is 30.5. The molecule has 62 heavy (non-hydrogen) atoms. The Kier molecular flexibility index (Phi) is 8.05. The van der Waals surface area contributed by atoms with Crippen LogP contribution < -0.4 is 0 Å². The minimum absolute atomic E-state index is 0.205. The molecule has 0 atom stereocenters. The Morgan fingerprint density at radius 1 is 0.355 bits per heavy atom. The third kappa shape index (κ3) is 5.66. The Balaban J connectivity index is 1.16. The van der Waals surface area contributed by atoms with Crippen molar-refractivity contribution in [3.63, 3.8) is 0 Å². The second-order valence-corrected chi connectivity index (χ2v) is 16.3. The van der Waals surface area contributed by atoms with Crippen molar-refractivity contribution in [2.75, 3.05) is 0 Å². The Morgan fingerprint density at radius 2 is 0.790 bits per heavy atom. The van der Waals surface area contributed by atoms with Crippen molar-refractivity contribution in [1.29, 1.82) is 0 Å². The molecule has 1 aliphatic carbocycles. The van der Waals surface area contributed by atoms with Crippen LogP contribution in [0, 0.1) is 0 Å². The number of aromatic nitrogens is 7. The first kappa shape index (κ1) is 35.8. The first-order valence-electron chi connectivity index (χ1n) is 20.9. The number of hydrogen-bond donors (Lipinski definition) is 0. The predicted molar refractivity (Wildman–Crippen MR) is 250 cm³/mol. The molecule has 0 spiro atoms. The maximum atomic E-state index is 5.29. The van der Waals surface area contributed by atoms with Gasteiger partial charge in [0.15, 0.2) is 29.1 Å². The Bertz CT molecular complexity index is 3410. The summed E-state index contributed by atoms with van der Waals surface area (Å²) in [5.41, 5.74) is 11.6. The standard InChI is InChI=1S/C55H37N7/c1-55(2)45-26-16-15-25-39(45)40-28-30-42-41(47(40)55)29-31-43-44-33-38(53-57-49(34-17-7-3-8-18-34)56-50(58-53)35-19-9-4-10-20-35)27-32-46(44)62(48(42)43)54-60-51(36-21-11-5-12-22-36)59-52(61-54)37-23-13-6-14-24-37/h3-33H,1-2H3. The maximum Gasteiger partial charge on any atom is 0.238 e. The third-order valence-corrected chi connectivity index (χ3v) is 12.3. The van der Waals surface area contributed by atoms with Crippen LogP contribution in [0.3, 0.4) is 0 Å². The van der Waals surface area contributed by atoms with Gasteiger partial charge in [-0.2, -0.15) is 9.97 Å². The topological polar surface area (TPSA) is 82.3 Å². The molecule has 8 aromatic carbocycles. The lowest BCUT2D eigenvalue weighted by molar-refractivity contribution is 0.666. The summed E-state index contributed by atoms with van der Waals surface area (Å²) < 4.78 is 2.23. The third-order valence-electron chi connectivity index (χ3n) is 12.3. The van der Waals surface area contributed by atoms with Gasteiger partial charge in [0, 0.05) is 49.4 Å². The number of hydrogen-bond acceptors (Lipinski definition) is 6. The van der Waals surface area contributed by atoms with E-state index in [1.807, 2.05) is 121 Å². The second kappa shape index (κ2) is 14.0. The van der Waals surface area contributed by atoms with Crippen molar-refractivity contribution in [3.05, 3.63) is 199 Å². The van der Waals surface area contributed by atoms with Crippen molar-refractivity contribution in [1.82, 2.24) is 34.5 Å². The van der Waals surface area contributed by atoms with Gasteiger partial charge in [0.25, 0.3) is 0 Å². The van der Waals surface area contributed by atoms with Crippen molar-refractivity contribution < 1.29 is 0 Å². The van der Waals surface area contributed by atoms with E-state index in [0.29, 0.717) is 35.1 Å². The summed E-state index contributed by atoms with van der Waals surface area (Å²) in [5, 5.41) is 4.44. The van der Waals surface area contributed by atoms with Crippen LogP contribution in [0.5, 0.6) is 0 Å². The molecule has 0 saturated heterocycles. The van der Waals surface area contributed by atoms with Crippen LogP contribution in [-0.4, -0.2) is 34.5 Å². The van der Waals surface area contributed by atoms with E-state index in [2.05, 4.69) is 85.1 Å². The molecule has 11 aromatic rings. The van der Waals surface area contributed by atoms with Gasteiger partial charge in [-0.1, -0.05) is 184 Å². The van der Waals surface area contributed by atoms with E-state index in [9.17, 15) is 0 Å². The normalized spacial score (nSPS) is 12.8. The van der Waals surface area contributed by atoms with E-state index in [1.54, 1.807) is 0 Å². The summed E-state index contributed by atoms with van der Waals surface area (Å²) in [5.74, 6) is 3.58. The van der Waals surface area contributed by atoms with Gasteiger partial charge in [-0.15, -0.1) is 0 Å². The molecule has 0 radical (unpaired) electrons. The van der Waals surface area contributed by atoms with Gasteiger partial charge in [0.05, 0.1) is 11.0 Å². The molecule has 0 bridgehead atoms. The van der Waals surface area contributed by atoms with Crippen molar-refractivity contribution >= 4 is 32.6 Å². The molecule has 0 N–H and O–H groups in total. The highest BCUT2D eigenvalue weighted by molar-refractivity contribution is 6.20. The average molecular weight is 796 g/mol. The van der Waals surface area contributed by atoms with E-state index in [0.717, 1.165) is 55.0 Å². The Labute approximate surface area is 358 Å². The van der Waals surface area contributed by atoms with Gasteiger partial charge in [-0.05, 0) is 45.8 Å². The van der Waals surface area contributed by atoms with Crippen LogP contribution >= 0.6 is 0 Å². The van der Waals surface area contributed by atoms with Gasteiger partial charge in [-0.25, -0.2) is 19.9 Å². The van der Waals surface area contributed by atoms with Crippen LogP contribution in [-0.2, 0) is 5.41 Å². The number of fused-ring (bicyclic) bond motifs is 9. The molecule has 0 fully saturated rings. The molecule has 1 aliphatic rings. The van der Waals surface area contributed by atoms with E-state index < -0.39 is 0 Å². The van der Waals surface area contributed by atoms with Crippen LogP contribution in [0.25, 0.3) is 107 Å². The van der Waals surface area contributed by atoms with Crippen LogP contribution in [0.4, 0.5) is 0 Å². The van der Waals surface area contributed by atoms with Gasteiger partial charge >= 0.3 is 0 Å². The lowest BCUT2D eigenvalue weighted by Gasteiger charge is -2.23. The van der Waals surface area contributed by atoms with Crippen LogP contribution in [0.1, 0.15) is 25.0 Å². The summed E-state index contributed by atoms with van der Waals surface area (Å²) in [6.45, 7) is 4.69. The fraction of sp³-hybridized carbons (Fsp3) is 0.0545. The highest BCUT2D eigenvalue weighted by atomic mass is 15.2. The lowest BCUT2D eigenvalue weighted by Crippen LogP contribution is -2.15. The first-order valence-corrected chi connectivity index (χ1v) is 20.9. The van der Waals surface area contributed by atoms with Gasteiger partial charge in [-0.3, -0.25) is 4.57 Å². The molecule has 292 valence electrons. The Morgan fingerprint density at radius 3 is 1.34 bits per heavy atom. The quantitative estimate of drug-likeness (QED) is 0.167. The zero-order chi connectivity index (χ0) is 41.4. The minimum atomic E-state index is -0.205. The molecule has 0 amide bonds. The van der Waals surface area contributed by atoms with Gasteiger partial charge in [0.1, 0.15) is 0 Å². The monoisotopic (exact) mass is 795 g/mol. The molecule has 12 rings (SSSR count). The number of benzene rings is 8. The second-order valence-electron chi connectivity index (χ2n) is 16.3. The molecule has 0 aliphatic heterocycles. The van der Waals surface area contributed by atoms with Crippen LogP contribution in [0.15, 0.2) is 188 Å². The summed E-state index contributed by atoms with van der Waals surface area (Å²) in [4.78, 5) is 30.8. The molecule has 3 heterocycles. The fourth-order valence-corrected chi connectivity index (χ4v) is 9.39. The molecule has 7 nitrogen and oxygen atoms in total. The van der Waals surface area contributed by atoms with Gasteiger partial charge in [0.2, 0.25) is 5.95 Å². The molecular weight excluding hydrogens is 759 g/mol. The summed E-state index contributed by atoms with van der Waals surface area (Å²) in [6.07, 6.45) is 0. The molecule has 7 heteroatoms.